The van der Waals surface area contributed by atoms with Crippen LogP contribution >= 0.6 is 54.8 Å². The van der Waals surface area contributed by atoms with Gasteiger partial charge in [0.1, 0.15) is 0 Å². The number of benzene rings is 1. The zero-order valence-corrected chi connectivity index (χ0v) is 15.6. The zero-order chi connectivity index (χ0) is 14.9. The highest BCUT2D eigenvalue weighted by atomic mass is 79.9. The first kappa shape index (κ1) is 16.0. The van der Waals surface area contributed by atoms with E-state index in [1.54, 1.807) is 11.9 Å². The van der Waals surface area contributed by atoms with Gasteiger partial charge in [0.05, 0.1) is 14.7 Å². The molecule has 2 aromatic rings. The Morgan fingerprint density at radius 3 is 2.60 bits per heavy atom. The molecule has 0 aliphatic heterocycles. The molecule has 0 saturated carbocycles. The van der Waals surface area contributed by atoms with Gasteiger partial charge in [-0.1, -0.05) is 23.7 Å². The van der Waals surface area contributed by atoms with Crippen LogP contribution in [0.15, 0.2) is 38.6 Å². The van der Waals surface area contributed by atoms with Crippen LogP contribution in [0.2, 0.25) is 5.02 Å². The van der Waals surface area contributed by atoms with Crippen molar-refractivity contribution in [3.63, 3.8) is 0 Å². The van der Waals surface area contributed by atoms with Gasteiger partial charge in [-0.3, -0.25) is 4.79 Å². The molecule has 1 atom stereocenters. The second-order valence-corrected chi connectivity index (χ2v) is 8.04. The summed E-state index contributed by atoms with van der Waals surface area (Å²) in [7, 11) is 1.80. The molecular formula is C14H12Br2ClNOS. The van der Waals surface area contributed by atoms with E-state index in [0.717, 1.165) is 13.8 Å². The van der Waals surface area contributed by atoms with Crippen LogP contribution in [0, 0.1) is 0 Å². The molecule has 2 rings (SSSR count). The van der Waals surface area contributed by atoms with Gasteiger partial charge >= 0.3 is 0 Å². The Balaban J connectivity index is 2.22. The third-order valence-electron chi connectivity index (χ3n) is 3.09. The lowest BCUT2D eigenvalue weighted by Gasteiger charge is -2.25. The van der Waals surface area contributed by atoms with Crippen LogP contribution in [-0.4, -0.2) is 17.9 Å². The Bertz CT molecular complexity index is 624. The highest BCUT2D eigenvalue weighted by molar-refractivity contribution is 9.13. The van der Waals surface area contributed by atoms with E-state index in [1.165, 1.54) is 11.3 Å². The number of hydrogen-bond acceptors (Lipinski definition) is 2. The Morgan fingerprint density at radius 1 is 1.35 bits per heavy atom. The van der Waals surface area contributed by atoms with Crippen molar-refractivity contribution in [3.05, 3.63) is 54.1 Å². The summed E-state index contributed by atoms with van der Waals surface area (Å²) in [6, 6.07) is 9.37. The van der Waals surface area contributed by atoms with Crippen molar-refractivity contribution < 1.29 is 4.79 Å². The molecule has 1 aromatic heterocycles. The largest absolute Gasteiger partial charge is 0.334 e. The van der Waals surface area contributed by atoms with Crippen molar-refractivity contribution in [2.75, 3.05) is 7.05 Å². The first-order valence-electron chi connectivity index (χ1n) is 5.87. The first-order chi connectivity index (χ1) is 9.40. The van der Waals surface area contributed by atoms with Gasteiger partial charge in [0.25, 0.3) is 5.91 Å². The molecule has 0 radical (unpaired) electrons. The number of nitrogens with zero attached hydrogens (tertiary/aromatic N) is 1. The maximum atomic E-state index is 12.5. The molecule has 2 nitrogen and oxygen atoms in total. The number of thiophene rings is 1. The maximum absolute atomic E-state index is 12.5. The number of amides is 1. The lowest BCUT2D eigenvalue weighted by atomic mass is 10.1. The van der Waals surface area contributed by atoms with Gasteiger partial charge in [0, 0.05) is 16.5 Å². The van der Waals surface area contributed by atoms with Crippen LogP contribution in [0.4, 0.5) is 0 Å². The molecule has 0 fully saturated rings. The molecular weight excluding hydrogens is 425 g/mol. The van der Waals surface area contributed by atoms with Gasteiger partial charge in [0.15, 0.2) is 0 Å². The molecule has 106 valence electrons. The van der Waals surface area contributed by atoms with E-state index >= 15 is 0 Å². The van der Waals surface area contributed by atoms with E-state index in [4.69, 9.17) is 11.6 Å². The summed E-state index contributed by atoms with van der Waals surface area (Å²) in [4.78, 5) is 14.9. The average Bonchev–Trinajstić information content (AvgIpc) is 2.76. The second kappa shape index (κ2) is 6.60. The van der Waals surface area contributed by atoms with E-state index in [1.807, 2.05) is 37.3 Å². The fraction of sp³-hybridized carbons (Fsp3) is 0.214. The standard InChI is InChI=1S/C14H12Br2ClNOS/c1-8(9-4-3-5-10(17)6-9)18(2)14(19)12-7-11(15)13(16)20-12/h3-8H,1-2H3. The molecule has 1 heterocycles. The molecule has 0 spiro atoms. The van der Waals surface area contributed by atoms with E-state index in [-0.39, 0.29) is 11.9 Å². The van der Waals surface area contributed by atoms with Crippen LogP contribution < -0.4 is 0 Å². The molecule has 0 N–H and O–H groups in total. The van der Waals surface area contributed by atoms with Crippen LogP contribution in [0.5, 0.6) is 0 Å². The van der Waals surface area contributed by atoms with Crippen molar-refractivity contribution in [2.24, 2.45) is 0 Å². The molecule has 0 bridgehead atoms. The molecule has 1 aromatic carbocycles. The van der Waals surface area contributed by atoms with Crippen LogP contribution in [0.3, 0.4) is 0 Å². The smallest absolute Gasteiger partial charge is 0.264 e. The monoisotopic (exact) mass is 435 g/mol. The minimum Gasteiger partial charge on any atom is -0.334 e. The third-order valence-corrected chi connectivity index (χ3v) is 6.57. The predicted octanol–water partition coefficient (Wildman–Crippen LogP) is 5.76. The normalized spacial score (nSPS) is 12.2. The third kappa shape index (κ3) is 3.45. The summed E-state index contributed by atoms with van der Waals surface area (Å²) in [5, 5.41) is 0.678. The Morgan fingerprint density at radius 2 is 2.05 bits per heavy atom. The predicted molar refractivity (Wildman–Crippen MR) is 91.7 cm³/mol. The van der Waals surface area contributed by atoms with Crippen molar-refractivity contribution in [1.29, 1.82) is 0 Å². The van der Waals surface area contributed by atoms with Crippen molar-refractivity contribution in [3.8, 4) is 0 Å². The Kier molecular flexibility index (Phi) is 5.29. The van der Waals surface area contributed by atoms with Crippen LogP contribution in [0.25, 0.3) is 0 Å². The van der Waals surface area contributed by atoms with Crippen molar-refractivity contribution >= 4 is 60.7 Å². The molecule has 1 unspecified atom stereocenters. The number of carbonyl (C=O) groups excluding carboxylic acids is 1. The van der Waals surface area contributed by atoms with Gasteiger partial charge in [-0.05, 0) is 62.5 Å². The number of hydrogen-bond donors (Lipinski definition) is 0. The van der Waals surface area contributed by atoms with Crippen molar-refractivity contribution in [2.45, 2.75) is 13.0 Å². The van der Waals surface area contributed by atoms with Gasteiger partial charge in [-0.2, -0.15) is 0 Å². The SMILES string of the molecule is CC(c1cccc(Cl)c1)N(C)C(=O)c1cc(Br)c(Br)s1. The summed E-state index contributed by atoms with van der Waals surface area (Å²) in [5.41, 5.74) is 1.02. The second-order valence-electron chi connectivity index (χ2n) is 4.38. The molecule has 0 aliphatic carbocycles. The van der Waals surface area contributed by atoms with Crippen LogP contribution in [-0.2, 0) is 0 Å². The summed E-state index contributed by atoms with van der Waals surface area (Å²) in [5.74, 6) is -0.00567. The lowest BCUT2D eigenvalue weighted by molar-refractivity contribution is 0.0747. The molecule has 0 aliphatic rings. The number of rotatable bonds is 3. The average molecular weight is 438 g/mol. The van der Waals surface area contributed by atoms with Gasteiger partial charge in [-0.25, -0.2) is 0 Å². The van der Waals surface area contributed by atoms with E-state index in [0.29, 0.717) is 9.90 Å². The number of carbonyl (C=O) groups is 1. The van der Waals surface area contributed by atoms with Gasteiger partial charge in [-0.15, -0.1) is 11.3 Å². The topological polar surface area (TPSA) is 20.3 Å². The number of halogens is 3. The molecule has 0 saturated heterocycles. The highest BCUT2D eigenvalue weighted by Gasteiger charge is 2.21. The minimum atomic E-state index is -0.0409. The Labute approximate surface area is 144 Å². The fourth-order valence-corrected chi connectivity index (χ4v) is 4.01. The first-order valence-corrected chi connectivity index (χ1v) is 8.65. The fourth-order valence-electron chi connectivity index (χ4n) is 1.79. The van der Waals surface area contributed by atoms with Crippen LogP contribution in [0.1, 0.15) is 28.2 Å². The van der Waals surface area contributed by atoms with Crippen molar-refractivity contribution in [1.82, 2.24) is 4.90 Å². The molecule has 1 amide bonds. The summed E-state index contributed by atoms with van der Waals surface area (Å²) in [6.45, 7) is 1.99. The highest BCUT2D eigenvalue weighted by Crippen LogP contribution is 2.34. The Hall–Kier alpha value is -0.360. The summed E-state index contributed by atoms with van der Waals surface area (Å²) >= 11 is 14.2. The van der Waals surface area contributed by atoms with Gasteiger partial charge in [0.2, 0.25) is 0 Å². The summed E-state index contributed by atoms with van der Waals surface area (Å²) in [6.07, 6.45) is 0. The zero-order valence-electron chi connectivity index (χ0n) is 10.9. The molecule has 6 heteroatoms. The van der Waals surface area contributed by atoms with E-state index < -0.39 is 0 Å². The summed E-state index contributed by atoms with van der Waals surface area (Å²) < 4.78 is 1.82. The lowest BCUT2D eigenvalue weighted by Crippen LogP contribution is -2.29. The molecule has 20 heavy (non-hydrogen) atoms. The quantitative estimate of drug-likeness (QED) is 0.598. The van der Waals surface area contributed by atoms with E-state index in [2.05, 4.69) is 31.9 Å². The maximum Gasteiger partial charge on any atom is 0.264 e. The minimum absolute atomic E-state index is 0.00567. The van der Waals surface area contributed by atoms with Gasteiger partial charge < -0.3 is 4.90 Å². The van der Waals surface area contributed by atoms with E-state index in [9.17, 15) is 4.79 Å².